The Morgan fingerprint density at radius 1 is 1.20 bits per heavy atom. The van der Waals surface area contributed by atoms with E-state index in [1.165, 1.54) is 0 Å². The van der Waals surface area contributed by atoms with Crippen molar-refractivity contribution in [2.24, 2.45) is 11.8 Å². The van der Waals surface area contributed by atoms with E-state index in [0.29, 0.717) is 23.1 Å². The number of hydrogen-bond donors (Lipinski definition) is 2. The molecule has 2 unspecified atom stereocenters. The fourth-order valence-corrected chi connectivity index (χ4v) is 2.48. The van der Waals surface area contributed by atoms with Gasteiger partial charge in [0, 0.05) is 30.4 Å². The lowest BCUT2D eigenvalue weighted by Gasteiger charge is -2.26. The molecule has 0 saturated carbocycles. The van der Waals surface area contributed by atoms with Crippen LogP contribution in [0.4, 0.5) is 5.69 Å². The summed E-state index contributed by atoms with van der Waals surface area (Å²) in [6, 6.07) is 5.36. The maximum Gasteiger partial charge on any atom is 0.228 e. The van der Waals surface area contributed by atoms with E-state index in [1.807, 2.05) is 0 Å². The predicted octanol–water partition coefficient (Wildman–Crippen LogP) is 1.89. The SMILES string of the molecule is COc1cc(NC(=O)C2CNCC(C)C2)cc(OC)c1. The number of carbonyl (C=O) groups excluding carboxylic acids is 1. The molecule has 1 saturated heterocycles. The zero-order valence-electron chi connectivity index (χ0n) is 12.2. The van der Waals surface area contributed by atoms with Crippen molar-refractivity contribution < 1.29 is 14.3 Å². The van der Waals surface area contributed by atoms with Gasteiger partial charge >= 0.3 is 0 Å². The van der Waals surface area contributed by atoms with E-state index in [2.05, 4.69) is 17.6 Å². The summed E-state index contributed by atoms with van der Waals surface area (Å²) < 4.78 is 10.4. The van der Waals surface area contributed by atoms with Gasteiger partial charge in [-0.2, -0.15) is 0 Å². The Balaban J connectivity index is 2.06. The zero-order chi connectivity index (χ0) is 14.5. The van der Waals surface area contributed by atoms with Gasteiger partial charge in [-0.1, -0.05) is 6.92 Å². The van der Waals surface area contributed by atoms with Gasteiger partial charge in [0.2, 0.25) is 5.91 Å². The van der Waals surface area contributed by atoms with Crippen molar-refractivity contribution in [3.05, 3.63) is 18.2 Å². The van der Waals surface area contributed by atoms with Crippen molar-refractivity contribution >= 4 is 11.6 Å². The molecule has 0 spiro atoms. The van der Waals surface area contributed by atoms with Crippen LogP contribution in [-0.4, -0.2) is 33.2 Å². The van der Waals surface area contributed by atoms with E-state index < -0.39 is 0 Å². The molecule has 0 aliphatic carbocycles. The molecule has 2 atom stereocenters. The molecular formula is C15H22N2O3. The smallest absolute Gasteiger partial charge is 0.228 e. The molecule has 2 rings (SSSR count). The fourth-order valence-electron chi connectivity index (χ4n) is 2.48. The van der Waals surface area contributed by atoms with Crippen molar-refractivity contribution in [1.82, 2.24) is 5.32 Å². The molecule has 1 fully saturated rings. The van der Waals surface area contributed by atoms with E-state index in [4.69, 9.17) is 9.47 Å². The molecule has 1 heterocycles. The summed E-state index contributed by atoms with van der Waals surface area (Å²) in [6.07, 6.45) is 0.917. The first-order chi connectivity index (χ1) is 9.62. The number of carbonyl (C=O) groups is 1. The summed E-state index contributed by atoms with van der Waals surface area (Å²) in [6.45, 7) is 3.87. The van der Waals surface area contributed by atoms with Gasteiger partial charge in [0.05, 0.1) is 20.1 Å². The normalized spacial score (nSPS) is 22.1. The summed E-state index contributed by atoms with van der Waals surface area (Å²) >= 11 is 0. The second-order valence-corrected chi connectivity index (χ2v) is 5.29. The number of methoxy groups -OCH3 is 2. The van der Waals surface area contributed by atoms with E-state index in [-0.39, 0.29) is 11.8 Å². The Bertz CT molecular complexity index is 454. The van der Waals surface area contributed by atoms with Crippen LogP contribution in [0, 0.1) is 11.8 Å². The Morgan fingerprint density at radius 2 is 1.85 bits per heavy atom. The lowest BCUT2D eigenvalue weighted by Crippen LogP contribution is -2.40. The van der Waals surface area contributed by atoms with Crippen LogP contribution in [0.5, 0.6) is 11.5 Å². The second kappa shape index (κ2) is 6.61. The minimum Gasteiger partial charge on any atom is -0.497 e. The highest BCUT2D eigenvalue weighted by atomic mass is 16.5. The highest BCUT2D eigenvalue weighted by molar-refractivity contribution is 5.93. The summed E-state index contributed by atoms with van der Waals surface area (Å²) in [5.74, 6) is 1.90. The minimum absolute atomic E-state index is 0.0101. The molecule has 0 bridgehead atoms. The number of amides is 1. The average Bonchev–Trinajstić information content (AvgIpc) is 2.46. The first-order valence-electron chi connectivity index (χ1n) is 6.87. The lowest BCUT2D eigenvalue weighted by molar-refractivity contribution is -0.120. The Labute approximate surface area is 119 Å². The minimum atomic E-state index is 0.0101. The van der Waals surface area contributed by atoms with Crippen LogP contribution >= 0.6 is 0 Å². The summed E-state index contributed by atoms with van der Waals surface area (Å²) in [5.41, 5.74) is 0.699. The topological polar surface area (TPSA) is 59.6 Å². The fraction of sp³-hybridized carbons (Fsp3) is 0.533. The standard InChI is InChI=1S/C15H22N2O3/c1-10-4-11(9-16-8-10)15(18)17-12-5-13(19-2)7-14(6-12)20-3/h5-7,10-11,16H,4,8-9H2,1-3H3,(H,17,18). The van der Waals surface area contributed by atoms with Crippen LogP contribution in [0.2, 0.25) is 0 Å². The van der Waals surface area contributed by atoms with Crippen molar-refractivity contribution in [3.8, 4) is 11.5 Å². The third-order valence-corrected chi connectivity index (χ3v) is 3.56. The summed E-state index contributed by atoms with van der Waals surface area (Å²) in [7, 11) is 3.18. The average molecular weight is 278 g/mol. The van der Waals surface area contributed by atoms with Gasteiger partial charge in [0.15, 0.2) is 0 Å². The number of rotatable bonds is 4. The molecule has 1 aromatic rings. The molecule has 2 N–H and O–H groups in total. The number of benzene rings is 1. The van der Waals surface area contributed by atoms with Crippen molar-refractivity contribution in [2.75, 3.05) is 32.6 Å². The number of ether oxygens (including phenoxy) is 2. The van der Waals surface area contributed by atoms with Gasteiger partial charge in [0.25, 0.3) is 0 Å². The van der Waals surface area contributed by atoms with Crippen LogP contribution < -0.4 is 20.1 Å². The first-order valence-corrected chi connectivity index (χ1v) is 6.87. The number of hydrogen-bond acceptors (Lipinski definition) is 4. The lowest BCUT2D eigenvalue weighted by atomic mass is 9.91. The molecule has 5 heteroatoms. The van der Waals surface area contributed by atoms with Gasteiger partial charge in [-0.3, -0.25) is 4.79 Å². The van der Waals surface area contributed by atoms with Crippen molar-refractivity contribution in [3.63, 3.8) is 0 Å². The highest BCUT2D eigenvalue weighted by Gasteiger charge is 2.24. The molecule has 1 aliphatic rings. The highest BCUT2D eigenvalue weighted by Crippen LogP contribution is 2.26. The predicted molar refractivity (Wildman–Crippen MR) is 78.3 cm³/mol. The molecule has 20 heavy (non-hydrogen) atoms. The summed E-state index contributed by atoms with van der Waals surface area (Å²) in [5, 5.41) is 6.23. The van der Waals surface area contributed by atoms with Crippen LogP contribution in [0.3, 0.4) is 0 Å². The van der Waals surface area contributed by atoms with Crippen LogP contribution in [0.25, 0.3) is 0 Å². The number of piperidine rings is 1. The molecular weight excluding hydrogens is 256 g/mol. The second-order valence-electron chi connectivity index (χ2n) is 5.29. The maximum atomic E-state index is 12.3. The Morgan fingerprint density at radius 3 is 2.40 bits per heavy atom. The zero-order valence-corrected chi connectivity index (χ0v) is 12.2. The number of nitrogens with one attached hydrogen (secondary N) is 2. The van der Waals surface area contributed by atoms with E-state index in [0.717, 1.165) is 19.5 Å². The van der Waals surface area contributed by atoms with Gasteiger partial charge in [0.1, 0.15) is 11.5 Å². The third kappa shape index (κ3) is 3.63. The van der Waals surface area contributed by atoms with Gasteiger partial charge in [-0.15, -0.1) is 0 Å². The molecule has 1 amide bonds. The van der Waals surface area contributed by atoms with E-state index in [9.17, 15) is 4.79 Å². The van der Waals surface area contributed by atoms with Gasteiger partial charge in [-0.25, -0.2) is 0 Å². The third-order valence-electron chi connectivity index (χ3n) is 3.56. The molecule has 110 valence electrons. The summed E-state index contributed by atoms with van der Waals surface area (Å²) in [4.78, 5) is 12.3. The van der Waals surface area contributed by atoms with Crippen LogP contribution in [0.15, 0.2) is 18.2 Å². The first kappa shape index (κ1) is 14.7. The van der Waals surface area contributed by atoms with Crippen molar-refractivity contribution in [2.45, 2.75) is 13.3 Å². The molecule has 0 aromatic heterocycles. The van der Waals surface area contributed by atoms with Crippen LogP contribution in [-0.2, 0) is 4.79 Å². The molecule has 0 radical (unpaired) electrons. The monoisotopic (exact) mass is 278 g/mol. The Kier molecular flexibility index (Phi) is 4.84. The molecule has 5 nitrogen and oxygen atoms in total. The van der Waals surface area contributed by atoms with E-state index in [1.54, 1.807) is 32.4 Å². The number of anilines is 1. The largest absolute Gasteiger partial charge is 0.497 e. The quantitative estimate of drug-likeness (QED) is 0.883. The van der Waals surface area contributed by atoms with Crippen molar-refractivity contribution in [1.29, 1.82) is 0 Å². The Hall–Kier alpha value is -1.75. The van der Waals surface area contributed by atoms with E-state index >= 15 is 0 Å². The maximum absolute atomic E-state index is 12.3. The molecule has 1 aromatic carbocycles. The van der Waals surface area contributed by atoms with Gasteiger partial charge < -0.3 is 20.1 Å². The van der Waals surface area contributed by atoms with Gasteiger partial charge in [-0.05, 0) is 18.9 Å². The van der Waals surface area contributed by atoms with Crippen LogP contribution in [0.1, 0.15) is 13.3 Å². The molecule has 1 aliphatic heterocycles.